The number of carboxylic acids is 1. The lowest BCUT2D eigenvalue weighted by molar-refractivity contribution is -0.139. The van der Waals surface area contributed by atoms with E-state index in [0.717, 1.165) is 46.7 Å². The van der Waals surface area contributed by atoms with Crippen molar-refractivity contribution in [1.82, 2.24) is 14.7 Å². The number of rotatable bonds is 8. The molecule has 0 radical (unpaired) electrons. The van der Waals surface area contributed by atoms with Crippen molar-refractivity contribution in [2.24, 2.45) is 0 Å². The minimum Gasteiger partial charge on any atom is -0.480 e. The van der Waals surface area contributed by atoms with E-state index >= 15 is 0 Å². The van der Waals surface area contributed by atoms with E-state index in [-0.39, 0.29) is 6.42 Å². The normalized spacial score (nSPS) is 14.0. The fraction of sp³-hybridized carbons (Fsp3) is 0.250. The van der Waals surface area contributed by atoms with Crippen LogP contribution in [0.4, 0.5) is 11.5 Å². The fourth-order valence-electron chi connectivity index (χ4n) is 4.39. The maximum absolute atomic E-state index is 13.0. The molecule has 1 atom stereocenters. The Kier molecular flexibility index (Phi) is 5.99. The summed E-state index contributed by atoms with van der Waals surface area (Å²) in [6.07, 6.45) is 4.23. The highest BCUT2D eigenvalue weighted by molar-refractivity contribution is 5.97. The Balaban J connectivity index is 1.43. The van der Waals surface area contributed by atoms with Crippen LogP contribution in [0.3, 0.4) is 0 Å². The van der Waals surface area contributed by atoms with Crippen LogP contribution in [-0.4, -0.2) is 32.4 Å². The third kappa shape index (κ3) is 4.75. The van der Waals surface area contributed by atoms with E-state index in [1.807, 2.05) is 47.0 Å². The van der Waals surface area contributed by atoms with Gasteiger partial charge in [-0.1, -0.05) is 48.5 Å². The Morgan fingerprint density at radius 1 is 1.06 bits per heavy atom. The Hall–Kier alpha value is -4.13. The van der Waals surface area contributed by atoms with Crippen LogP contribution in [0.5, 0.6) is 0 Å². The van der Waals surface area contributed by atoms with E-state index < -0.39 is 17.9 Å². The van der Waals surface area contributed by atoms with Gasteiger partial charge in [-0.2, -0.15) is 0 Å². The van der Waals surface area contributed by atoms with Gasteiger partial charge in [0.25, 0.3) is 5.91 Å². The summed E-state index contributed by atoms with van der Waals surface area (Å²) in [6, 6.07) is 17.9. The number of imidazole rings is 1. The first-order valence-corrected chi connectivity index (χ1v) is 11.8. The van der Waals surface area contributed by atoms with Crippen molar-refractivity contribution in [3.63, 3.8) is 0 Å². The molecule has 1 amide bonds. The van der Waals surface area contributed by atoms with Gasteiger partial charge in [0.05, 0.1) is 5.69 Å². The molecule has 0 spiro atoms. The second-order valence-corrected chi connectivity index (χ2v) is 9.21. The number of carbonyl (C=O) groups excluding carboxylic acids is 1. The van der Waals surface area contributed by atoms with Crippen molar-refractivity contribution in [2.45, 2.75) is 45.1 Å². The monoisotopic (exact) mass is 468 g/mol. The van der Waals surface area contributed by atoms with Gasteiger partial charge in [0.15, 0.2) is 0 Å². The Morgan fingerprint density at radius 3 is 2.43 bits per heavy atom. The van der Waals surface area contributed by atoms with E-state index in [2.05, 4.69) is 36.6 Å². The van der Waals surface area contributed by atoms with Crippen LogP contribution < -0.4 is 10.6 Å². The van der Waals surface area contributed by atoms with Crippen molar-refractivity contribution in [3.05, 3.63) is 94.8 Å². The van der Waals surface area contributed by atoms with Crippen LogP contribution in [-0.2, 0) is 11.2 Å². The van der Waals surface area contributed by atoms with Gasteiger partial charge >= 0.3 is 5.97 Å². The second-order valence-electron chi connectivity index (χ2n) is 9.21. The van der Waals surface area contributed by atoms with Gasteiger partial charge < -0.3 is 15.7 Å². The largest absolute Gasteiger partial charge is 0.480 e. The lowest BCUT2D eigenvalue weighted by Crippen LogP contribution is -2.42. The standard InChI is InChI=1S/C28H28N4O3/c1-17-7-6-8-18(2)24(17)31-26-25(20-11-12-20)30-23-16-21(13-14-32(23)26)27(33)29-22(28(34)35)15-19-9-4-3-5-10-19/h3-10,13-14,16,20,22,31H,11-12,15H2,1-2H3,(H,29,33)(H,34,35). The third-order valence-electron chi connectivity index (χ3n) is 6.49. The number of pyridine rings is 1. The summed E-state index contributed by atoms with van der Waals surface area (Å²) in [5.41, 5.74) is 6.23. The number of anilines is 2. The van der Waals surface area contributed by atoms with E-state index in [9.17, 15) is 14.7 Å². The van der Waals surface area contributed by atoms with Crippen LogP contribution in [0.1, 0.15) is 51.5 Å². The van der Waals surface area contributed by atoms with E-state index in [1.54, 1.807) is 12.1 Å². The number of hydrogen-bond donors (Lipinski definition) is 3. The van der Waals surface area contributed by atoms with E-state index in [1.165, 1.54) is 0 Å². The quantitative estimate of drug-likeness (QED) is 0.338. The first-order valence-electron chi connectivity index (χ1n) is 11.8. The Morgan fingerprint density at radius 2 is 1.77 bits per heavy atom. The number of hydrogen-bond acceptors (Lipinski definition) is 4. The average Bonchev–Trinajstić information content (AvgIpc) is 3.63. The predicted molar refractivity (Wildman–Crippen MR) is 135 cm³/mol. The molecule has 7 heteroatoms. The summed E-state index contributed by atoms with van der Waals surface area (Å²) in [6.45, 7) is 4.15. The maximum Gasteiger partial charge on any atom is 0.326 e. The lowest BCUT2D eigenvalue weighted by atomic mass is 10.1. The number of aliphatic carboxylic acids is 1. The van der Waals surface area contributed by atoms with Crippen LogP contribution in [0.25, 0.3) is 5.65 Å². The molecular weight excluding hydrogens is 440 g/mol. The zero-order valence-corrected chi connectivity index (χ0v) is 19.8. The van der Waals surface area contributed by atoms with Crippen molar-refractivity contribution in [1.29, 1.82) is 0 Å². The topological polar surface area (TPSA) is 95.7 Å². The molecule has 3 N–H and O–H groups in total. The molecule has 7 nitrogen and oxygen atoms in total. The molecule has 2 aromatic carbocycles. The number of para-hydroxylation sites is 1. The minimum absolute atomic E-state index is 0.212. The zero-order chi connectivity index (χ0) is 24.5. The van der Waals surface area contributed by atoms with Gasteiger partial charge in [0.2, 0.25) is 0 Å². The number of nitrogens with zero attached hydrogens (tertiary/aromatic N) is 2. The van der Waals surface area contributed by atoms with Crippen molar-refractivity contribution in [3.8, 4) is 0 Å². The average molecular weight is 469 g/mol. The van der Waals surface area contributed by atoms with Crippen LogP contribution in [0, 0.1) is 13.8 Å². The number of aromatic nitrogens is 2. The molecule has 1 unspecified atom stereocenters. The van der Waals surface area contributed by atoms with E-state index in [4.69, 9.17) is 4.98 Å². The van der Waals surface area contributed by atoms with Gasteiger partial charge in [-0.05, 0) is 55.5 Å². The summed E-state index contributed by atoms with van der Waals surface area (Å²) in [7, 11) is 0. The SMILES string of the molecule is Cc1cccc(C)c1Nc1c(C2CC2)nc2cc(C(=O)NC(Cc3ccccc3)C(=O)O)ccn12. The van der Waals surface area contributed by atoms with Gasteiger partial charge in [-0.25, -0.2) is 9.78 Å². The van der Waals surface area contributed by atoms with Gasteiger partial charge in [-0.15, -0.1) is 0 Å². The smallest absolute Gasteiger partial charge is 0.326 e. The number of nitrogens with one attached hydrogen (secondary N) is 2. The molecule has 1 saturated carbocycles. The van der Waals surface area contributed by atoms with Crippen molar-refractivity contribution in [2.75, 3.05) is 5.32 Å². The minimum atomic E-state index is -1.07. The molecule has 5 rings (SSSR count). The molecule has 4 aromatic rings. The molecule has 2 aromatic heterocycles. The predicted octanol–water partition coefficient (Wildman–Crippen LogP) is 5.00. The molecule has 1 aliphatic carbocycles. The highest BCUT2D eigenvalue weighted by Crippen LogP contribution is 2.44. The summed E-state index contributed by atoms with van der Waals surface area (Å²) < 4.78 is 1.97. The Labute approximate surface area is 203 Å². The van der Waals surface area contributed by atoms with Gasteiger partial charge in [0.1, 0.15) is 17.5 Å². The van der Waals surface area contributed by atoms with Crippen LogP contribution >= 0.6 is 0 Å². The molecule has 1 aliphatic rings. The molecule has 2 heterocycles. The van der Waals surface area contributed by atoms with Gasteiger partial charge in [-0.3, -0.25) is 9.20 Å². The summed E-state index contributed by atoms with van der Waals surface area (Å²) >= 11 is 0. The molecular formula is C28H28N4O3. The fourth-order valence-corrected chi connectivity index (χ4v) is 4.39. The third-order valence-corrected chi connectivity index (χ3v) is 6.49. The molecule has 0 bridgehead atoms. The van der Waals surface area contributed by atoms with Crippen LogP contribution in [0.15, 0.2) is 66.9 Å². The molecule has 0 aliphatic heterocycles. The number of carboxylic acid groups (broad SMARTS) is 1. The van der Waals surface area contributed by atoms with Crippen molar-refractivity contribution >= 4 is 29.0 Å². The highest BCUT2D eigenvalue weighted by atomic mass is 16.4. The van der Waals surface area contributed by atoms with Crippen LogP contribution in [0.2, 0.25) is 0 Å². The van der Waals surface area contributed by atoms with Crippen molar-refractivity contribution < 1.29 is 14.7 Å². The first kappa shape index (κ1) is 22.7. The molecule has 1 fully saturated rings. The molecule has 35 heavy (non-hydrogen) atoms. The van der Waals surface area contributed by atoms with E-state index in [0.29, 0.717) is 17.1 Å². The number of carbonyl (C=O) groups is 2. The number of aryl methyl sites for hydroxylation is 2. The highest BCUT2D eigenvalue weighted by Gasteiger charge is 2.31. The lowest BCUT2D eigenvalue weighted by Gasteiger charge is -2.15. The summed E-state index contributed by atoms with van der Waals surface area (Å²) in [5.74, 6) is -0.183. The number of fused-ring (bicyclic) bond motifs is 1. The second kappa shape index (κ2) is 9.25. The zero-order valence-electron chi connectivity index (χ0n) is 19.8. The first-order chi connectivity index (χ1) is 16.9. The molecule has 178 valence electrons. The summed E-state index contributed by atoms with van der Waals surface area (Å²) in [4.78, 5) is 29.6. The number of amides is 1. The summed E-state index contributed by atoms with van der Waals surface area (Å²) in [5, 5.41) is 15.9. The Bertz CT molecular complexity index is 1390. The maximum atomic E-state index is 13.0. The number of benzene rings is 2. The molecule has 0 saturated heterocycles. The van der Waals surface area contributed by atoms with Gasteiger partial charge in [0, 0.05) is 29.8 Å².